The second-order valence-corrected chi connectivity index (χ2v) is 8.01. The molecule has 1 saturated heterocycles. The molecule has 0 amide bonds. The zero-order valence-electron chi connectivity index (χ0n) is 14.6. The van der Waals surface area contributed by atoms with Crippen LogP contribution < -0.4 is 0 Å². The molecule has 10 radical (unpaired) electrons. The van der Waals surface area contributed by atoms with Gasteiger partial charge in [0.25, 0.3) is 0 Å². The number of carbonyl (C=O) groups excluding carboxylic acids is 1. The highest BCUT2D eigenvalue weighted by Gasteiger charge is 2.53. The number of carbonyl (C=O) groups is 1. The lowest BCUT2D eigenvalue weighted by Gasteiger charge is -2.32. The van der Waals surface area contributed by atoms with Crippen LogP contribution in [0.25, 0.3) is 0 Å². The van der Waals surface area contributed by atoms with Crippen molar-refractivity contribution in [2.24, 2.45) is 11.3 Å². The summed E-state index contributed by atoms with van der Waals surface area (Å²) >= 11 is 0. The third-order valence-corrected chi connectivity index (χ3v) is 6.26. The molecule has 11 heteroatoms. The quantitative estimate of drug-likeness (QED) is 0.503. The monoisotopic (exact) mass is 290 g/mol. The number of hydrogen-bond acceptors (Lipinski definition) is 1. The van der Waals surface area contributed by atoms with Gasteiger partial charge >= 0.3 is 0 Å². The van der Waals surface area contributed by atoms with Crippen molar-refractivity contribution in [3.63, 3.8) is 0 Å². The summed E-state index contributed by atoms with van der Waals surface area (Å²) in [6.45, 7) is 4.22. The molecule has 1 saturated carbocycles. The zero-order chi connectivity index (χ0) is 17.4. The van der Waals surface area contributed by atoms with Crippen molar-refractivity contribution in [3.8, 4) is 0 Å². The predicted octanol–water partition coefficient (Wildman–Crippen LogP) is -0.341. The highest BCUT2D eigenvalue weighted by Crippen LogP contribution is 2.53. The summed E-state index contributed by atoms with van der Waals surface area (Å²) < 4.78 is 0. The van der Waals surface area contributed by atoms with Gasteiger partial charge in [-0.1, -0.05) is 31.9 Å². The second kappa shape index (κ2) is 7.69. The van der Waals surface area contributed by atoms with Gasteiger partial charge in [-0.05, 0) is 32.1 Å². The van der Waals surface area contributed by atoms with Crippen LogP contribution in [0.2, 0.25) is 12.1 Å². The number of hydrogen-bond donors (Lipinski definition) is 0. The summed E-state index contributed by atoms with van der Waals surface area (Å²) in [4.78, 5) is 12.4. The third kappa shape index (κ3) is 4.69. The van der Waals surface area contributed by atoms with E-state index in [0.717, 1.165) is 31.5 Å². The number of ketones is 1. The molecule has 0 bridgehead atoms. The zero-order valence-corrected chi connectivity index (χ0v) is 14.6. The maximum atomic E-state index is 12.4. The molecule has 23 heavy (non-hydrogen) atoms. The molecular formula is C12H20B10O. The molecule has 104 valence electrons. The van der Waals surface area contributed by atoms with Gasteiger partial charge in [-0.15, -0.1) is 0 Å². The first-order valence-electron chi connectivity index (χ1n) is 9.00. The summed E-state index contributed by atoms with van der Waals surface area (Å²) in [5, 5.41) is 0. The van der Waals surface area contributed by atoms with Crippen molar-refractivity contribution in [1.29, 1.82) is 0 Å². The molecule has 1 aliphatic heterocycles. The van der Waals surface area contributed by atoms with Crippen LogP contribution in [0.15, 0.2) is 0 Å². The average Bonchev–Trinajstić information content (AvgIpc) is 3.36. The molecule has 2 unspecified atom stereocenters. The van der Waals surface area contributed by atoms with E-state index < -0.39 is 19.2 Å². The van der Waals surface area contributed by atoms with Crippen molar-refractivity contribution < 1.29 is 4.79 Å². The summed E-state index contributed by atoms with van der Waals surface area (Å²) in [5.74, 6) is 1.52. The normalized spacial score (nSPS) is 22.2. The van der Waals surface area contributed by atoms with E-state index in [-0.39, 0.29) is 11.8 Å². The SMILES string of the molecule is [B]B([B])B([B])B(B([B])[B])B1CC1CC(CC)(CC1CC1)C(C)=O. The van der Waals surface area contributed by atoms with E-state index in [9.17, 15) is 4.79 Å². The van der Waals surface area contributed by atoms with Crippen molar-refractivity contribution in [3.05, 3.63) is 0 Å². The minimum Gasteiger partial charge on any atom is -0.299 e. The van der Waals surface area contributed by atoms with E-state index in [4.69, 9.17) is 38.7 Å². The Morgan fingerprint density at radius 3 is 2.13 bits per heavy atom. The van der Waals surface area contributed by atoms with E-state index in [0.29, 0.717) is 18.2 Å². The summed E-state index contributed by atoms with van der Waals surface area (Å²) in [5.41, 5.74) is -0.182. The standard InChI is InChI=1S/C12H20B10O/c1-3-12(9(2)23,6-10-4-5-10)7-11-8-18(11)22(20(15)16)21(17)19(13)14/h10-11H,3-8H2,1-2H3. The number of Topliss-reactive ketones (excluding diaryl/α,β-unsaturated/α-hetero) is 1. The van der Waals surface area contributed by atoms with Gasteiger partial charge in [-0.25, -0.2) is 0 Å². The van der Waals surface area contributed by atoms with Crippen molar-refractivity contribution in [2.75, 3.05) is 0 Å². The first-order valence-corrected chi connectivity index (χ1v) is 9.00. The van der Waals surface area contributed by atoms with Crippen LogP contribution >= 0.6 is 0 Å². The fourth-order valence-electron chi connectivity index (χ4n) is 4.35. The lowest BCUT2D eigenvalue weighted by molar-refractivity contribution is -0.127. The minimum atomic E-state index is -0.619. The Labute approximate surface area is 151 Å². The van der Waals surface area contributed by atoms with Crippen molar-refractivity contribution in [2.45, 2.75) is 58.1 Å². The molecule has 2 atom stereocenters. The molecule has 0 N–H and O–H groups in total. The van der Waals surface area contributed by atoms with Gasteiger partial charge in [-0.2, -0.15) is 0 Å². The summed E-state index contributed by atoms with van der Waals surface area (Å²) in [7, 11) is 29.5. The maximum absolute atomic E-state index is 12.4. The molecule has 1 heterocycles. The molecule has 2 rings (SSSR count). The van der Waals surface area contributed by atoms with Crippen LogP contribution in [0.3, 0.4) is 0 Å². The lowest BCUT2D eigenvalue weighted by atomic mass is 8.57. The average molecular weight is 288 g/mol. The Hall–Kier alpha value is 0.319. The highest BCUT2D eigenvalue weighted by molar-refractivity contribution is 8.01. The molecule has 1 aliphatic carbocycles. The Morgan fingerprint density at radius 2 is 1.74 bits per heavy atom. The Balaban J connectivity index is 2.03. The van der Waals surface area contributed by atoms with Crippen LogP contribution in [0.4, 0.5) is 0 Å². The topological polar surface area (TPSA) is 17.1 Å². The Bertz CT molecular complexity index is 428. The van der Waals surface area contributed by atoms with Crippen molar-refractivity contribution >= 4 is 76.6 Å². The maximum Gasteiger partial charge on any atom is 0.135 e. The molecule has 2 fully saturated rings. The van der Waals surface area contributed by atoms with Gasteiger partial charge in [0.15, 0.2) is 0 Å². The van der Waals surface area contributed by atoms with E-state index in [1.807, 2.05) is 0 Å². The van der Waals surface area contributed by atoms with Gasteiger partial charge in [-0.3, -0.25) is 4.79 Å². The first-order chi connectivity index (χ1) is 10.7. The lowest BCUT2D eigenvalue weighted by Crippen LogP contribution is -2.63. The van der Waals surface area contributed by atoms with Crippen molar-refractivity contribution in [1.82, 2.24) is 0 Å². The first kappa shape index (κ1) is 19.6. The highest BCUT2D eigenvalue weighted by atomic mass is 16.1. The molecule has 0 aromatic heterocycles. The van der Waals surface area contributed by atoms with Crippen LogP contribution in [0.1, 0.15) is 46.0 Å². The molecule has 0 aromatic carbocycles. The van der Waals surface area contributed by atoms with Crippen LogP contribution in [-0.4, -0.2) is 76.6 Å². The van der Waals surface area contributed by atoms with Crippen LogP contribution in [0, 0.1) is 11.3 Å². The van der Waals surface area contributed by atoms with E-state index in [2.05, 4.69) is 6.92 Å². The number of rotatable bonds is 10. The fourth-order valence-corrected chi connectivity index (χ4v) is 4.35. The minimum absolute atomic E-state index is 0.0811. The second-order valence-electron chi connectivity index (χ2n) is 8.01. The summed E-state index contributed by atoms with van der Waals surface area (Å²) in [6.07, 6.45) is 4.80. The molecule has 0 aromatic rings. The molecule has 0 spiro atoms. The van der Waals surface area contributed by atoms with E-state index >= 15 is 0 Å². The molecule has 2 aliphatic rings. The van der Waals surface area contributed by atoms with Gasteiger partial charge in [0.05, 0.1) is 6.60 Å². The van der Waals surface area contributed by atoms with Crippen LogP contribution in [-0.2, 0) is 4.79 Å². The molecule has 1 nitrogen and oxygen atoms in total. The van der Waals surface area contributed by atoms with E-state index in [1.54, 1.807) is 6.92 Å². The van der Waals surface area contributed by atoms with Gasteiger partial charge in [0.2, 0.25) is 0 Å². The fraction of sp³-hybridized carbons (Fsp3) is 0.917. The smallest absolute Gasteiger partial charge is 0.135 e. The molecular weight excluding hydrogens is 268 g/mol. The Kier molecular flexibility index (Phi) is 6.57. The largest absolute Gasteiger partial charge is 0.299 e. The summed E-state index contributed by atoms with van der Waals surface area (Å²) in [6, 6.07) is 0. The van der Waals surface area contributed by atoms with E-state index in [1.165, 1.54) is 12.8 Å². The Morgan fingerprint density at radius 1 is 1.13 bits per heavy atom. The third-order valence-electron chi connectivity index (χ3n) is 6.26. The predicted molar refractivity (Wildman–Crippen MR) is 111 cm³/mol. The van der Waals surface area contributed by atoms with Gasteiger partial charge < -0.3 is 0 Å². The van der Waals surface area contributed by atoms with Gasteiger partial charge in [0.1, 0.15) is 5.78 Å². The van der Waals surface area contributed by atoms with Crippen LogP contribution in [0.5, 0.6) is 0 Å². The van der Waals surface area contributed by atoms with Gasteiger partial charge in [0, 0.05) is 69.6 Å².